The molecule has 0 aliphatic carbocycles. The normalized spacial score (nSPS) is 15.2. The van der Waals surface area contributed by atoms with E-state index in [2.05, 4.69) is 0 Å². The average molecular weight is 319 g/mol. The minimum Gasteiger partial charge on any atom is -0.459 e. The van der Waals surface area contributed by atoms with Crippen LogP contribution in [0.2, 0.25) is 0 Å². The van der Waals surface area contributed by atoms with Crippen LogP contribution in [0.25, 0.3) is 0 Å². The fourth-order valence-corrected chi connectivity index (χ4v) is 3.99. The highest BCUT2D eigenvalue weighted by atomic mass is 32.2. The summed E-state index contributed by atoms with van der Waals surface area (Å²) in [5, 5.41) is 0. The van der Waals surface area contributed by atoms with Gasteiger partial charge >= 0.3 is 0 Å². The van der Waals surface area contributed by atoms with Crippen LogP contribution in [0.3, 0.4) is 0 Å². The number of likely N-dealkylation sites (tertiary alicyclic amines) is 1. The van der Waals surface area contributed by atoms with E-state index < -0.39 is 9.84 Å². The Morgan fingerprint density at radius 1 is 1.09 bits per heavy atom. The van der Waals surface area contributed by atoms with Gasteiger partial charge in [0, 0.05) is 18.7 Å². The van der Waals surface area contributed by atoms with E-state index in [1.165, 1.54) is 6.26 Å². The van der Waals surface area contributed by atoms with Gasteiger partial charge in [-0.15, -0.1) is 0 Å². The Bertz CT molecular complexity index is 758. The first-order chi connectivity index (χ1) is 10.6. The van der Waals surface area contributed by atoms with Crippen LogP contribution in [0.5, 0.6) is 0 Å². The van der Waals surface area contributed by atoms with Gasteiger partial charge in [-0.1, -0.05) is 18.2 Å². The summed E-state index contributed by atoms with van der Waals surface area (Å²) in [7, 11) is -3.49. The van der Waals surface area contributed by atoms with E-state index in [0.717, 1.165) is 12.8 Å². The summed E-state index contributed by atoms with van der Waals surface area (Å²) >= 11 is 0. The predicted octanol–water partition coefficient (Wildman–Crippen LogP) is 2.49. The van der Waals surface area contributed by atoms with Gasteiger partial charge < -0.3 is 9.32 Å². The molecule has 0 atom stereocenters. The SMILES string of the molecule is O=C(c1occc1CS(=O)(=O)c1ccccc1)N1CCCC1. The Morgan fingerprint density at radius 3 is 2.45 bits per heavy atom. The van der Waals surface area contributed by atoms with Gasteiger partial charge in [-0.05, 0) is 31.0 Å². The molecule has 1 fully saturated rings. The van der Waals surface area contributed by atoms with Gasteiger partial charge in [-0.3, -0.25) is 4.79 Å². The molecule has 0 unspecified atom stereocenters. The smallest absolute Gasteiger partial charge is 0.289 e. The first-order valence-electron chi connectivity index (χ1n) is 7.21. The van der Waals surface area contributed by atoms with Gasteiger partial charge in [0.15, 0.2) is 15.6 Å². The predicted molar refractivity (Wildman–Crippen MR) is 81.2 cm³/mol. The summed E-state index contributed by atoms with van der Waals surface area (Å²) < 4.78 is 30.1. The molecule has 1 amide bonds. The first kappa shape index (κ1) is 14.8. The number of benzene rings is 1. The van der Waals surface area contributed by atoms with Crippen LogP contribution in [0, 0.1) is 0 Å². The zero-order valence-electron chi connectivity index (χ0n) is 12.1. The van der Waals surface area contributed by atoms with Gasteiger partial charge in [0.2, 0.25) is 0 Å². The zero-order valence-corrected chi connectivity index (χ0v) is 12.9. The lowest BCUT2D eigenvalue weighted by atomic mass is 10.2. The molecule has 0 saturated carbocycles. The van der Waals surface area contributed by atoms with E-state index in [-0.39, 0.29) is 22.3 Å². The van der Waals surface area contributed by atoms with Gasteiger partial charge in [0.25, 0.3) is 5.91 Å². The van der Waals surface area contributed by atoms with Crippen LogP contribution in [-0.4, -0.2) is 32.3 Å². The summed E-state index contributed by atoms with van der Waals surface area (Å²) in [5.41, 5.74) is 0.417. The second-order valence-corrected chi connectivity index (χ2v) is 7.34. The number of sulfone groups is 1. The van der Waals surface area contributed by atoms with Crippen molar-refractivity contribution in [3.05, 3.63) is 54.0 Å². The summed E-state index contributed by atoms with van der Waals surface area (Å²) in [6.07, 6.45) is 3.33. The Hall–Kier alpha value is -2.08. The van der Waals surface area contributed by atoms with Crippen LogP contribution in [-0.2, 0) is 15.6 Å². The Morgan fingerprint density at radius 2 is 1.77 bits per heavy atom. The van der Waals surface area contributed by atoms with E-state index in [4.69, 9.17) is 4.42 Å². The third-order valence-electron chi connectivity index (χ3n) is 3.78. The maximum atomic E-state index is 12.4. The molecule has 1 aromatic carbocycles. The van der Waals surface area contributed by atoms with Crippen LogP contribution in [0.4, 0.5) is 0 Å². The number of carbonyl (C=O) groups is 1. The van der Waals surface area contributed by atoms with Crippen molar-refractivity contribution in [1.29, 1.82) is 0 Å². The summed E-state index contributed by atoms with van der Waals surface area (Å²) in [5.74, 6) is -0.315. The van der Waals surface area contributed by atoms with E-state index in [9.17, 15) is 13.2 Å². The molecule has 1 aliphatic rings. The Balaban J connectivity index is 1.85. The van der Waals surface area contributed by atoms with Gasteiger partial charge in [-0.25, -0.2) is 8.42 Å². The molecule has 6 heteroatoms. The van der Waals surface area contributed by atoms with Crippen LogP contribution < -0.4 is 0 Å². The van der Waals surface area contributed by atoms with Crippen LogP contribution >= 0.6 is 0 Å². The second kappa shape index (κ2) is 5.96. The highest BCUT2D eigenvalue weighted by Crippen LogP contribution is 2.22. The molecule has 0 bridgehead atoms. The largest absolute Gasteiger partial charge is 0.459 e. The van der Waals surface area contributed by atoms with Crippen LogP contribution in [0.1, 0.15) is 29.0 Å². The maximum Gasteiger partial charge on any atom is 0.289 e. The molecule has 2 aromatic rings. The lowest BCUT2D eigenvalue weighted by Crippen LogP contribution is -2.28. The summed E-state index contributed by atoms with van der Waals surface area (Å²) in [4.78, 5) is 14.3. The lowest BCUT2D eigenvalue weighted by molar-refractivity contribution is 0.0760. The number of nitrogens with zero attached hydrogens (tertiary/aromatic N) is 1. The highest BCUT2D eigenvalue weighted by Gasteiger charge is 2.27. The van der Waals surface area contributed by atoms with Crippen molar-refractivity contribution in [3.63, 3.8) is 0 Å². The fraction of sp³-hybridized carbons (Fsp3) is 0.312. The number of amides is 1. The number of hydrogen-bond acceptors (Lipinski definition) is 4. The molecule has 1 aromatic heterocycles. The molecular formula is C16H17NO4S. The van der Waals surface area contributed by atoms with E-state index in [0.29, 0.717) is 18.7 Å². The van der Waals surface area contributed by atoms with Crippen molar-refractivity contribution >= 4 is 15.7 Å². The van der Waals surface area contributed by atoms with E-state index in [1.807, 2.05) is 0 Å². The average Bonchev–Trinajstić information content (AvgIpc) is 3.18. The van der Waals surface area contributed by atoms with Crippen LogP contribution in [0.15, 0.2) is 52.0 Å². The lowest BCUT2D eigenvalue weighted by Gasteiger charge is -2.14. The molecule has 22 heavy (non-hydrogen) atoms. The third-order valence-corrected chi connectivity index (χ3v) is 5.46. The second-order valence-electron chi connectivity index (χ2n) is 5.35. The van der Waals surface area contributed by atoms with Crippen molar-refractivity contribution in [3.8, 4) is 0 Å². The Labute approximate surface area is 129 Å². The molecule has 116 valence electrons. The molecule has 1 aliphatic heterocycles. The van der Waals surface area contributed by atoms with E-state index in [1.54, 1.807) is 41.3 Å². The maximum absolute atomic E-state index is 12.4. The fourth-order valence-electron chi connectivity index (χ4n) is 2.62. The minimum atomic E-state index is -3.49. The molecule has 2 heterocycles. The van der Waals surface area contributed by atoms with Crippen molar-refractivity contribution in [2.24, 2.45) is 0 Å². The first-order valence-corrected chi connectivity index (χ1v) is 8.86. The Kier molecular flexibility index (Phi) is 4.02. The molecule has 1 saturated heterocycles. The number of carbonyl (C=O) groups excluding carboxylic acids is 1. The quantitative estimate of drug-likeness (QED) is 0.868. The summed E-state index contributed by atoms with van der Waals surface area (Å²) in [6.45, 7) is 1.40. The van der Waals surface area contributed by atoms with Gasteiger partial charge in [0.05, 0.1) is 16.9 Å². The van der Waals surface area contributed by atoms with Gasteiger partial charge in [0.1, 0.15) is 0 Å². The van der Waals surface area contributed by atoms with Crippen molar-refractivity contribution in [2.45, 2.75) is 23.5 Å². The third kappa shape index (κ3) is 2.92. The van der Waals surface area contributed by atoms with E-state index >= 15 is 0 Å². The van der Waals surface area contributed by atoms with Crippen molar-refractivity contribution in [1.82, 2.24) is 4.90 Å². The molecule has 0 N–H and O–H groups in total. The molecule has 0 spiro atoms. The standard InChI is InChI=1S/C16H17NO4S/c18-16(17-9-4-5-10-17)15-13(8-11-21-15)12-22(19,20)14-6-2-1-3-7-14/h1-3,6-8,11H,4-5,9-10,12H2. The number of furan rings is 1. The van der Waals surface area contributed by atoms with Crippen molar-refractivity contribution < 1.29 is 17.6 Å². The molecule has 3 rings (SSSR count). The minimum absolute atomic E-state index is 0.140. The molecule has 5 nitrogen and oxygen atoms in total. The topological polar surface area (TPSA) is 67.6 Å². The monoisotopic (exact) mass is 319 g/mol. The van der Waals surface area contributed by atoms with Gasteiger partial charge in [-0.2, -0.15) is 0 Å². The molecule has 0 radical (unpaired) electrons. The highest BCUT2D eigenvalue weighted by molar-refractivity contribution is 7.90. The number of rotatable bonds is 4. The molecular weight excluding hydrogens is 302 g/mol. The zero-order chi connectivity index (χ0) is 15.6. The number of hydrogen-bond donors (Lipinski definition) is 0. The van der Waals surface area contributed by atoms with Crippen molar-refractivity contribution in [2.75, 3.05) is 13.1 Å². The summed E-state index contributed by atoms with van der Waals surface area (Å²) in [6, 6.07) is 9.79.